The third-order valence-electron chi connectivity index (χ3n) is 2.45. The van der Waals surface area contributed by atoms with Gasteiger partial charge in [0, 0.05) is 24.7 Å². The van der Waals surface area contributed by atoms with Gasteiger partial charge in [-0.3, -0.25) is 4.79 Å². The Labute approximate surface area is 126 Å². The normalized spacial score (nSPS) is 12.5. The monoisotopic (exact) mass is 317 g/mol. The van der Waals surface area contributed by atoms with Crippen LogP contribution >= 0.6 is 22.9 Å². The second-order valence-electron chi connectivity index (χ2n) is 4.01. The first-order valence-corrected chi connectivity index (χ1v) is 7.18. The number of hydrogen-bond acceptors (Lipinski definition) is 4. The van der Waals surface area contributed by atoms with Crippen LogP contribution in [0.1, 0.15) is 17.7 Å². The van der Waals surface area contributed by atoms with Crippen LogP contribution in [0.5, 0.6) is 0 Å². The van der Waals surface area contributed by atoms with E-state index in [-0.39, 0.29) is 0 Å². The van der Waals surface area contributed by atoms with E-state index in [4.69, 9.17) is 21.4 Å². The Bertz CT molecular complexity index is 486. The minimum Gasteiger partial charge on any atom is -0.480 e. The highest BCUT2D eigenvalue weighted by Crippen LogP contribution is 2.22. The molecule has 0 saturated carbocycles. The molecule has 0 fully saturated rings. The first kappa shape index (κ1) is 16.7. The van der Waals surface area contributed by atoms with Crippen LogP contribution in [0.15, 0.2) is 18.2 Å². The maximum absolute atomic E-state index is 11.6. The van der Waals surface area contributed by atoms with E-state index in [1.165, 1.54) is 17.4 Å². The summed E-state index contributed by atoms with van der Waals surface area (Å²) < 4.78 is 5.49. The number of carboxylic acid groups (broad SMARTS) is 1. The second-order valence-corrected chi connectivity index (χ2v) is 5.76. The molecule has 0 spiro atoms. The number of hydrogen-bond donors (Lipinski definition) is 2. The SMILES string of the molecule is COCCCC(NC(=O)/C=C/c1ccc(Cl)s1)C(=O)O. The van der Waals surface area contributed by atoms with E-state index in [1.54, 1.807) is 25.3 Å². The number of halogens is 1. The molecule has 1 heterocycles. The highest BCUT2D eigenvalue weighted by Gasteiger charge is 2.18. The number of carbonyl (C=O) groups is 2. The smallest absolute Gasteiger partial charge is 0.326 e. The van der Waals surface area contributed by atoms with Gasteiger partial charge in [0.1, 0.15) is 6.04 Å². The Balaban J connectivity index is 2.49. The van der Waals surface area contributed by atoms with Crippen LogP contribution in [-0.4, -0.2) is 36.7 Å². The third kappa shape index (κ3) is 6.18. The lowest BCUT2D eigenvalue weighted by molar-refractivity contribution is -0.141. The highest BCUT2D eigenvalue weighted by molar-refractivity contribution is 7.17. The summed E-state index contributed by atoms with van der Waals surface area (Å²) in [7, 11) is 1.54. The predicted molar refractivity (Wildman–Crippen MR) is 79.0 cm³/mol. The van der Waals surface area contributed by atoms with Crippen molar-refractivity contribution >= 4 is 40.9 Å². The summed E-state index contributed by atoms with van der Waals surface area (Å²) in [6.07, 6.45) is 3.79. The van der Waals surface area contributed by atoms with Crippen LogP contribution in [-0.2, 0) is 14.3 Å². The molecule has 1 amide bonds. The van der Waals surface area contributed by atoms with E-state index in [0.29, 0.717) is 23.8 Å². The Morgan fingerprint density at radius 3 is 2.85 bits per heavy atom. The van der Waals surface area contributed by atoms with Gasteiger partial charge >= 0.3 is 5.97 Å². The van der Waals surface area contributed by atoms with Crippen molar-refractivity contribution in [1.82, 2.24) is 5.32 Å². The van der Waals surface area contributed by atoms with Gasteiger partial charge in [0.15, 0.2) is 0 Å². The summed E-state index contributed by atoms with van der Waals surface area (Å²) in [4.78, 5) is 23.5. The number of nitrogens with one attached hydrogen (secondary N) is 1. The van der Waals surface area contributed by atoms with E-state index in [0.717, 1.165) is 4.88 Å². The fraction of sp³-hybridized carbons (Fsp3) is 0.385. The van der Waals surface area contributed by atoms with E-state index in [9.17, 15) is 9.59 Å². The van der Waals surface area contributed by atoms with E-state index >= 15 is 0 Å². The summed E-state index contributed by atoms with van der Waals surface area (Å²) >= 11 is 7.10. The molecule has 2 N–H and O–H groups in total. The Hall–Kier alpha value is -1.37. The topological polar surface area (TPSA) is 75.6 Å². The Morgan fingerprint density at radius 1 is 1.55 bits per heavy atom. The quantitative estimate of drug-likeness (QED) is 0.570. The molecule has 110 valence electrons. The number of aliphatic carboxylic acids is 1. The summed E-state index contributed by atoms with van der Waals surface area (Å²) in [5.41, 5.74) is 0. The molecule has 1 aromatic rings. The summed E-state index contributed by atoms with van der Waals surface area (Å²) in [5, 5.41) is 11.5. The number of amides is 1. The number of carboxylic acids is 1. The maximum Gasteiger partial charge on any atom is 0.326 e. The minimum absolute atomic E-state index is 0.327. The van der Waals surface area contributed by atoms with Crippen molar-refractivity contribution in [2.45, 2.75) is 18.9 Å². The molecule has 0 aliphatic rings. The summed E-state index contributed by atoms with van der Waals surface area (Å²) in [6.45, 7) is 0.461. The predicted octanol–water partition coefficient (Wildman–Crippen LogP) is 2.41. The largest absolute Gasteiger partial charge is 0.480 e. The standard InChI is InChI=1S/C13H16ClNO4S/c1-19-8-2-3-10(13(17)18)15-12(16)7-5-9-4-6-11(14)20-9/h4-7,10H,2-3,8H2,1H3,(H,15,16)(H,17,18)/b7-5+. The Morgan fingerprint density at radius 2 is 2.30 bits per heavy atom. The zero-order chi connectivity index (χ0) is 15.0. The molecule has 1 rings (SSSR count). The van der Waals surface area contributed by atoms with Crippen LogP contribution in [0.3, 0.4) is 0 Å². The molecule has 0 aliphatic heterocycles. The molecular weight excluding hydrogens is 302 g/mol. The van der Waals surface area contributed by atoms with Crippen LogP contribution in [0.4, 0.5) is 0 Å². The Kier molecular flexibility index (Phi) is 7.28. The van der Waals surface area contributed by atoms with Crippen molar-refractivity contribution in [3.63, 3.8) is 0 Å². The highest BCUT2D eigenvalue weighted by atomic mass is 35.5. The zero-order valence-corrected chi connectivity index (χ0v) is 12.5. The zero-order valence-electron chi connectivity index (χ0n) is 11.0. The van der Waals surface area contributed by atoms with Crippen LogP contribution in [0.2, 0.25) is 4.34 Å². The van der Waals surface area contributed by atoms with Gasteiger partial charge in [-0.15, -0.1) is 11.3 Å². The molecule has 0 radical (unpaired) electrons. The van der Waals surface area contributed by atoms with E-state index in [2.05, 4.69) is 5.32 Å². The molecule has 20 heavy (non-hydrogen) atoms. The van der Waals surface area contributed by atoms with Gasteiger partial charge < -0.3 is 15.2 Å². The lowest BCUT2D eigenvalue weighted by Crippen LogP contribution is -2.40. The minimum atomic E-state index is -1.05. The van der Waals surface area contributed by atoms with Gasteiger partial charge in [-0.1, -0.05) is 11.6 Å². The molecule has 0 aromatic carbocycles. The lowest BCUT2D eigenvalue weighted by Gasteiger charge is -2.12. The van der Waals surface area contributed by atoms with Gasteiger partial charge in [-0.2, -0.15) is 0 Å². The van der Waals surface area contributed by atoms with Gasteiger partial charge in [0.05, 0.1) is 4.34 Å². The molecule has 1 atom stereocenters. The molecule has 1 aromatic heterocycles. The van der Waals surface area contributed by atoms with Gasteiger partial charge in [-0.25, -0.2) is 4.79 Å². The molecule has 5 nitrogen and oxygen atoms in total. The molecule has 0 aliphatic carbocycles. The third-order valence-corrected chi connectivity index (χ3v) is 3.65. The van der Waals surface area contributed by atoms with Crippen molar-refractivity contribution in [3.05, 3.63) is 27.4 Å². The molecule has 1 unspecified atom stereocenters. The van der Waals surface area contributed by atoms with Crippen molar-refractivity contribution in [2.24, 2.45) is 0 Å². The average molecular weight is 318 g/mol. The fourth-order valence-electron chi connectivity index (χ4n) is 1.48. The van der Waals surface area contributed by atoms with Crippen molar-refractivity contribution < 1.29 is 19.4 Å². The van der Waals surface area contributed by atoms with Crippen molar-refractivity contribution in [1.29, 1.82) is 0 Å². The maximum atomic E-state index is 11.6. The van der Waals surface area contributed by atoms with Crippen molar-refractivity contribution in [2.75, 3.05) is 13.7 Å². The number of rotatable bonds is 8. The van der Waals surface area contributed by atoms with Gasteiger partial charge in [0.25, 0.3) is 0 Å². The number of ether oxygens (including phenoxy) is 1. The number of carbonyl (C=O) groups excluding carboxylic acids is 1. The first-order chi connectivity index (χ1) is 9.52. The van der Waals surface area contributed by atoms with E-state index < -0.39 is 17.9 Å². The van der Waals surface area contributed by atoms with E-state index in [1.807, 2.05) is 0 Å². The van der Waals surface area contributed by atoms with Crippen LogP contribution < -0.4 is 5.32 Å². The first-order valence-electron chi connectivity index (χ1n) is 5.98. The molecule has 7 heteroatoms. The summed E-state index contributed by atoms with van der Waals surface area (Å²) in [6, 6.07) is 2.60. The number of methoxy groups -OCH3 is 1. The average Bonchev–Trinajstić information content (AvgIpc) is 2.81. The molecule has 0 bridgehead atoms. The van der Waals surface area contributed by atoms with Gasteiger partial charge in [-0.05, 0) is 31.1 Å². The second kappa shape index (κ2) is 8.73. The summed E-state index contributed by atoms with van der Waals surface area (Å²) in [5.74, 6) is -1.50. The molecule has 0 saturated heterocycles. The fourth-order valence-corrected chi connectivity index (χ4v) is 2.45. The van der Waals surface area contributed by atoms with Gasteiger partial charge in [0.2, 0.25) is 5.91 Å². The van der Waals surface area contributed by atoms with Crippen LogP contribution in [0, 0.1) is 0 Å². The number of thiophene rings is 1. The van der Waals surface area contributed by atoms with Crippen molar-refractivity contribution in [3.8, 4) is 0 Å². The lowest BCUT2D eigenvalue weighted by atomic mass is 10.1. The molecular formula is C13H16ClNO4S. The van der Waals surface area contributed by atoms with Crippen LogP contribution in [0.25, 0.3) is 6.08 Å².